The van der Waals surface area contributed by atoms with Gasteiger partial charge in [0, 0.05) is 12.1 Å². The molecule has 2 heteroatoms. The number of likely N-dealkylation sites (tertiary alicyclic amines) is 1. The molecule has 1 aromatic carbocycles. The first-order chi connectivity index (χ1) is 8.79. The van der Waals surface area contributed by atoms with Crippen LogP contribution in [0.2, 0.25) is 0 Å². The topological polar surface area (TPSA) is 12.5 Å². The minimum absolute atomic E-state index is 0.591. The van der Waals surface area contributed by atoms with Crippen LogP contribution in [0.15, 0.2) is 24.3 Å². The normalized spacial score (nSPS) is 32.2. The highest BCUT2D eigenvalue weighted by Gasteiger charge is 2.40. The highest BCUT2D eigenvalue weighted by molar-refractivity contribution is 5.31. The highest BCUT2D eigenvalue weighted by Crippen LogP contribution is 2.45. The molecule has 2 fully saturated rings. The average molecular weight is 245 g/mol. The number of ether oxygens (including phenoxy) is 1. The van der Waals surface area contributed by atoms with Crippen LogP contribution in [0.25, 0.3) is 0 Å². The number of hydrogen-bond donors (Lipinski definition) is 0. The molecular formula is C16H23NO. The van der Waals surface area contributed by atoms with Gasteiger partial charge in [-0.05, 0) is 49.9 Å². The third-order valence-corrected chi connectivity index (χ3v) is 4.89. The van der Waals surface area contributed by atoms with Crippen molar-refractivity contribution < 1.29 is 4.74 Å². The molecule has 1 aromatic rings. The number of methoxy groups -OCH3 is 1. The van der Waals surface area contributed by atoms with Gasteiger partial charge in [-0.25, -0.2) is 0 Å². The minimum atomic E-state index is 0.591. The van der Waals surface area contributed by atoms with Gasteiger partial charge in [0.25, 0.3) is 0 Å². The molecule has 1 aliphatic heterocycles. The van der Waals surface area contributed by atoms with E-state index in [0.29, 0.717) is 6.04 Å². The summed E-state index contributed by atoms with van der Waals surface area (Å²) < 4.78 is 5.35. The van der Waals surface area contributed by atoms with Gasteiger partial charge in [0.2, 0.25) is 0 Å². The Morgan fingerprint density at radius 2 is 2.06 bits per heavy atom. The maximum Gasteiger partial charge on any atom is 0.119 e. The predicted octanol–water partition coefficient (Wildman–Crippen LogP) is 3.63. The van der Waals surface area contributed by atoms with Crippen molar-refractivity contribution in [1.82, 2.24) is 4.90 Å². The molecule has 0 unspecified atom stereocenters. The Labute approximate surface area is 110 Å². The van der Waals surface area contributed by atoms with Gasteiger partial charge in [0.1, 0.15) is 5.75 Å². The fourth-order valence-electron chi connectivity index (χ4n) is 3.90. The first-order valence-electron chi connectivity index (χ1n) is 7.15. The lowest BCUT2D eigenvalue weighted by Gasteiger charge is -2.30. The van der Waals surface area contributed by atoms with Crippen molar-refractivity contribution in [3.05, 3.63) is 29.8 Å². The SMILES string of the molecule is COc1cccc([C@@H]2C[C@H]3CCCC[C@@H]3N2C)c1. The summed E-state index contributed by atoms with van der Waals surface area (Å²) in [6, 6.07) is 10.0. The molecule has 1 aliphatic carbocycles. The fraction of sp³-hybridized carbons (Fsp3) is 0.625. The van der Waals surface area contributed by atoms with Crippen LogP contribution in [0.4, 0.5) is 0 Å². The number of rotatable bonds is 2. The van der Waals surface area contributed by atoms with Gasteiger partial charge in [0.15, 0.2) is 0 Å². The highest BCUT2D eigenvalue weighted by atomic mass is 16.5. The maximum atomic E-state index is 5.35. The third kappa shape index (κ3) is 2.03. The van der Waals surface area contributed by atoms with Crippen molar-refractivity contribution in [3.63, 3.8) is 0 Å². The summed E-state index contributed by atoms with van der Waals surface area (Å²) >= 11 is 0. The van der Waals surface area contributed by atoms with Crippen LogP contribution in [0, 0.1) is 5.92 Å². The second-order valence-corrected chi connectivity index (χ2v) is 5.81. The molecule has 0 aromatic heterocycles. The van der Waals surface area contributed by atoms with Crippen LogP contribution in [0.1, 0.15) is 43.7 Å². The van der Waals surface area contributed by atoms with E-state index in [1.807, 2.05) is 6.07 Å². The Kier molecular flexibility index (Phi) is 3.29. The second-order valence-electron chi connectivity index (χ2n) is 5.81. The standard InChI is InChI=1S/C16H23NO/c1-17-15-9-4-3-6-13(15)11-16(17)12-7-5-8-14(10-12)18-2/h5,7-8,10,13,15-16H,3-4,6,9,11H2,1-2H3/t13-,15+,16+/m1/s1. The zero-order valence-electron chi connectivity index (χ0n) is 11.4. The fourth-order valence-corrected chi connectivity index (χ4v) is 3.90. The molecule has 2 aliphatic rings. The van der Waals surface area contributed by atoms with Crippen LogP contribution < -0.4 is 4.74 Å². The molecule has 3 atom stereocenters. The largest absolute Gasteiger partial charge is 0.497 e. The lowest BCUT2D eigenvalue weighted by molar-refractivity contribution is 0.187. The maximum absolute atomic E-state index is 5.35. The molecule has 0 N–H and O–H groups in total. The van der Waals surface area contributed by atoms with E-state index in [0.717, 1.165) is 17.7 Å². The monoisotopic (exact) mass is 245 g/mol. The molecule has 0 spiro atoms. The van der Waals surface area contributed by atoms with Crippen LogP contribution in [0.3, 0.4) is 0 Å². The van der Waals surface area contributed by atoms with E-state index in [2.05, 4.69) is 30.1 Å². The summed E-state index contributed by atoms with van der Waals surface area (Å²) in [6.45, 7) is 0. The molecule has 98 valence electrons. The number of fused-ring (bicyclic) bond motifs is 1. The van der Waals surface area contributed by atoms with Crippen molar-refractivity contribution in [2.75, 3.05) is 14.2 Å². The lowest BCUT2D eigenvalue weighted by Crippen LogP contribution is -2.32. The van der Waals surface area contributed by atoms with Gasteiger partial charge in [-0.3, -0.25) is 4.90 Å². The Balaban J connectivity index is 1.83. The Hall–Kier alpha value is -1.02. The van der Waals surface area contributed by atoms with E-state index in [9.17, 15) is 0 Å². The molecule has 1 heterocycles. The van der Waals surface area contributed by atoms with Crippen LogP contribution in [-0.4, -0.2) is 25.1 Å². The average Bonchev–Trinajstić information content (AvgIpc) is 2.77. The van der Waals surface area contributed by atoms with Crippen molar-refractivity contribution in [2.24, 2.45) is 5.92 Å². The van der Waals surface area contributed by atoms with Gasteiger partial charge >= 0.3 is 0 Å². The van der Waals surface area contributed by atoms with Crippen LogP contribution in [-0.2, 0) is 0 Å². The molecule has 0 radical (unpaired) electrons. The molecule has 3 rings (SSSR count). The van der Waals surface area contributed by atoms with Gasteiger partial charge < -0.3 is 4.74 Å². The second kappa shape index (κ2) is 4.93. The number of benzene rings is 1. The molecule has 1 saturated heterocycles. The van der Waals surface area contributed by atoms with E-state index < -0.39 is 0 Å². The molecule has 0 bridgehead atoms. The van der Waals surface area contributed by atoms with Crippen LogP contribution >= 0.6 is 0 Å². The zero-order chi connectivity index (χ0) is 12.5. The van der Waals surface area contributed by atoms with E-state index >= 15 is 0 Å². The van der Waals surface area contributed by atoms with Crippen molar-refractivity contribution in [1.29, 1.82) is 0 Å². The van der Waals surface area contributed by atoms with Gasteiger partial charge in [-0.2, -0.15) is 0 Å². The minimum Gasteiger partial charge on any atom is -0.497 e. The van der Waals surface area contributed by atoms with Crippen LogP contribution in [0.5, 0.6) is 5.75 Å². The van der Waals surface area contributed by atoms with E-state index in [1.165, 1.54) is 37.7 Å². The first kappa shape index (κ1) is 12.0. The summed E-state index contributed by atoms with van der Waals surface area (Å²) in [4.78, 5) is 2.61. The van der Waals surface area contributed by atoms with Gasteiger partial charge in [-0.15, -0.1) is 0 Å². The summed E-state index contributed by atoms with van der Waals surface area (Å²) in [7, 11) is 4.05. The predicted molar refractivity (Wildman–Crippen MR) is 73.9 cm³/mol. The lowest BCUT2D eigenvalue weighted by atomic mass is 9.84. The first-order valence-corrected chi connectivity index (χ1v) is 7.15. The molecule has 1 saturated carbocycles. The smallest absolute Gasteiger partial charge is 0.119 e. The summed E-state index contributed by atoms with van der Waals surface area (Å²) in [5.74, 6) is 1.90. The molecule has 18 heavy (non-hydrogen) atoms. The Morgan fingerprint density at radius 3 is 2.83 bits per heavy atom. The Morgan fingerprint density at radius 1 is 1.22 bits per heavy atom. The molecule has 2 nitrogen and oxygen atoms in total. The summed E-state index contributed by atoms with van der Waals surface area (Å²) in [5.41, 5.74) is 1.42. The van der Waals surface area contributed by atoms with Gasteiger partial charge in [0.05, 0.1) is 7.11 Å². The van der Waals surface area contributed by atoms with Crippen molar-refractivity contribution in [3.8, 4) is 5.75 Å². The number of hydrogen-bond acceptors (Lipinski definition) is 2. The van der Waals surface area contributed by atoms with E-state index in [1.54, 1.807) is 7.11 Å². The van der Waals surface area contributed by atoms with E-state index in [-0.39, 0.29) is 0 Å². The molecule has 0 amide bonds. The third-order valence-electron chi connectivity index (χ3n) is 4.89. The van der Waals surface area contributed by atoms with E-state index in [4.69, 9.17) is 4.74 Å². The Bertz CT molecular complexity index is 417. The molecular weight excluding hydrogens is 222 g/mol. The van der Waals surface area contributed by atoms with Crippen molar-refractivity contribution >= 4 is 0 Å². The van der Waals surface area contributed by atoms with Crippen molar-refractivity contribution in [2.45, 2.75) is 44.2 Å². The zero-order valence-corrected chi connectivity index (χ0v) is 11.4. The quantitative estimate of drug-likeness (QED) is 0.789. The number of nitrogens with zero attached hydrogens (tertiary/aromatic N) is 1. The summed E-state index contributed by atoms with van der Waals surface area (Å²) in [5, 5.41) is 0. The summed E-state index contributed by atoms with van der Waals surface area (Å²) in [6.07, 6.45) is 6.99. The van der Waals surface area contributed by atoms with Gasteiger partial charge in [-0.1, -0.05) is 25.0 Å².